The number of hydrogen-bond donors (Lipinski definition) is 2. The Morgan fingerprint density at radius 1 is 1.12 bits per heavy atom. The quantitative estimate of drug-likeness (QED) is 0.819. The Hall–Kier alpha value is -2.45. The lowest BCUT2D eigenvalue weighted by molar-refractivity contribution is -0.883. The molecular formula is C18H21FN3O3S+. The molecule has 1 aliphatic heterocycles. The molecule has 6 nitrogen and oxygen atoms in total. The molecule has 1 fully saturated rings. The lowest BCUT2D eigenvalue weighted by atomic mass is 10.2. The molecule has 0 saturated carbocycles. The lowest BCUT2D eigenvalue weighted by Gasteiger charge is -2.30. The lowest BCUT2D eigenvalue weighted by Crippen LogP contribution is -3.12. The van der Waals surface area contributed by atoms with Crippen molar-refractivity contribution in [1.29, 1.82) is 0 Å². The second-order valence-corrected chi connectivity index (χ2v) is 8.07. The fraction of sp³-hybridized carbons (Fsp3) is 0.278. The number of nitrogens with one attached hydrogen (secondary N) is 2. The van der Waals surface area contributed by atoms with Crippen LogP contribution in [0.25, 0.3) is 0 Å². The van der Waals surface area contributed by atoms with E-state index in [-0.39, 0.29) is 16.5 Å². The number of amides is 1. The Labute approximate surface area is 152 Å². The summed E-state index contributed by atoms with van der Waals surface area (Å²) in [5.41, 5.74) is 0.594. The molecule has 0 radical (unpaired) electrons. The van der Waals surface area contributed by atoms with Crippen LogP contribution in [0.2, 0.25) is 0 Å². The molecule has 3 rings (SSSR count). The van der Waals surface area contributed by atoms with Gasteiger partial charge in [0.25, 0.3) is 15.9 Å². The number of nitrogens with zero attached hydrogens (tertiary/aromatic N) is 1. The van der Waals surface area contributed by atoms with E-state index in [0.717, 1.165) is 13.1 Å². The van der Waals surface area contributed by atoms with Crippen molar-refractivity contribution >= 4 is 21.6 Å². The Morgan fingerprint density at radius 3 is 2.42 bits per heavy atom. The van der Waals surface area contributed by atoms with Gasteiger partial charge in [-0.2, -0.15) is 0 Å². The van der Waals surface area contributed by atoms with E-state index in [1.165, 1.54) is 41.3 Å². The molecule has 2 N–H and O–H groups in total. The van der Waals surface area contributed by atoms with Gasteiger partial charge in [0.2, 0.25) is 0 Å². The van der Waals surface area contributed by atoms with Crippen molar-refractivity contribution in [3.8, 4) is 0 Å². The molecule has 138 valence electrons. The van der Waals surface area contributed by atoms with Crippen LogP contribution in [0.1, 0.15) is 10.4 Å². The maximum atomic E-state index is 13.0. The van der Waals surface area contributed by atoms with Gasteiger partial charge < -0.3 is 9.80 Å². The van der Waals surface area contributed by atoms with Crippen LogP contribution in [0.4, 0.5) is 10.1 Å². The average molecular weight is 378 g/mol. The summed E-state index contributed by atoms with van der Waals surface area (Å²) in [4.78, 5) is 15.7. The number of rotatable bonds is 4. The van der Waals surface area contributed by atoms with Gasteiger partial charge in [-0.3, -0.25) is 9.52 Å². The van der Waals surface area contributed by atoms with E-state index in [1.54, 1.807) is 17.0 Å². The van der Waals surface area contributed by atoms with Crippen molar-refractivity contribution in [2.75, 3.05) is 37.9 Å². The van der Waals surface area contributed by atoms with Gasteiger partial charge in [0.1, 0.15) is 5.82 Å². The fourth-order valence-corrected chi connectivity index (χ4v) is 3.91. The maximum absolute atomic E-state index is 13.0. The van der Waals surface area contributed by atoms with Crippen LogP contribution in [-0.4, -0.2) is 52.5 Å². The number of carbonyl (C=O) groups excluding carboxylic acids is 1. The average Bonchev–Trinajstić information content (AvgIpc) is 2.64. The zero-order chi connectivity index (χ0) is 18.7. The van der Waals surface area contributed by atoms with Crippen molar-refractivity contribution in [3.05, 3.63) is 59.9 Å². The molecular weight excluding hydrogens is 357 g/mol. The van der Waals surface area contributed by atoms with Crippen molar-refractivity contribution in [3.63, 3.8) is 0 Å². The number of halogens is 1. The minimum absolute atomic E-state index is 0.00701. The summed E-state index contributed by atoms with van der Waals surface area (Å²) < 4.78 is 40.4. The smallest absolute Gasteiger partial charge is 0.261 e. The number of piperazine rings is 1. The van der Waals surface area contributed by atoms with Crippen LogP contribution >= 0.6 is 0 Å². The van der Waals surface area contributed by atoms with Gasteiger partial charge in [0.05, 0.1) is 38.1 Å². The van der Waals surface area contributed by atoms with Crippen LogP contribution in [0.15, 0.2) is 53.4 Å². The Morgan fingerprint density at radius 2 is 1.77 bits per heavy atom. The van der Waals surface area contributed by atoms with E-state index in [9.17, 15) is 17.6 Å². The predicted octanol–water partition coefficient (Wildman–Crippen LogP) is 0.597. The summed E-state index contributed by atoms with van der Waals surface area (Å²) in [7, 11) is -1.79. The highest BCUT2D eigenvalue weighted by atomic mass is 32.2. The van der Waals surface area contributed by atoms with Crippen LogP contribution in [0.3, 0.4) is 0 Å². The third-order valence-corrected chi connectivity index (χ3v) is 5.77. The topological polar surface area (TPSA) is 70.9 Å². The first-order chi connectivity index (χ1) is 12.3. The molecule has 0 spiro atoms. The molecule has 0 aliphatic carbocycles. The zero-order valence-corrected chi connectivity index (χ0v) is 15.2. The molecule has 2 aromatic carbocycles. The largest absolute Gasteiger partial charge is 0.334 e. The fourth-order valence-electron chi connectivity index (χ4n) is 2.80. The van der Waals surface area contributed by atoms with Gasteiger partial charge in [-0.15, -0.1) is 0 Å². The van der Waals surface area contributed by atoms with E-state index in [2.05, 4.69) is 11.8 Å². The molecule has 0 aromatic heterocycles. The molecule has 0 unspecified atom stereocenters. The highest BCUT2D eigenvalue weighted by Crippen LogP contribution is 2.18. The van der Waals surface area contributed by atoms with Crippen molar-refractivity contribution in [2.45, 2.75) is 4.90 Å². The number of sulfonamides is 1. The van der Waals surface area contributed by atoms with Gasteiger partial charge in [-0.05, 0) is 42.5 Å². The second kappa shape index (κ2) is 7.43. The molecule has 2 aromatic rings. The number of carbonyl (C=O) groups is 1. The van der Waals surface area contributed by atoms with Crippen LogP contribution in [0, 0.1) is 5.82 Å². The molecule has 0 atom stereocenters. The number of anilines is 1. The number of benzene rings is 2. The summed E-state index contributed by atoms with van der Waals surface area (Å²) in [6, 6.07) is 11.0. The Balaban J connectivity index is 1.79. The van der Waals surface area contributed by atoms with Gasteiger partial charge in [-0.25, -0.2) is 12.8 Å². The maximum Gasteiger partial charge on any atom is 0.261 e. The summed E-state index contributed by atoms with van der Waals surface area (Å²) in [6.07, 6.45) is 0. The molecule has 1 amide bonds. The summed E-state index contributed by atoms with van der Waals surface area (Å²) in [5, 5.41) is 0. The third-order valence-electron chi connectivity index (χ3n) is 4.39. The molecule has 1 heterocycles. The van der Waals surface area contributed by atoms with Crippen molar-refractivity contribution in [1.82, 2.24) is 4.90 Å². The van der Waals surface area contributed by atoms with Crippen LogP contribution in [-0.2, 0) is 10.0 Å². The minimum Gasteiger partial charge on any atom is -0.334 e. The number of likely N-dealkylation sites (N-methyl/N-ethyl adjacent to an activating group) is 1. The van der Waals surface area contributed by atoms with E-state index >= 15 is 0 Å². The SMILES string of the molecule is C[NH+]1CCN(C(=O)c2cccc(S(=O)(=O)Nc3ccc(F)cc3)c2)CC1. The molecule has 1 aliphatic rings. The van der Waals surface area contributed by atoms with E-state index < -0.39 is 15.8 Å². The molecule has 8 heteroatoms. The highest BCUT2D eigenvalue weighted by molar-refractivity contribution is 7.92. The monoisotopic (exact) mass is 378 g/mol. The van der Waals surface area contributed by atoms with Gasteiger partial charge in [0, 0.05) is 11.3 Å². The van der Waals surface area contributed by atoms with E-state index in [0.29, 0.717) is 18.7 Å². The first-order valence-electron chi connectivity index (χ1n) is 8.34. The summed E-state index contributed by atoms with van der Waals surface area (Å²) in [6.45, 7) is 3.04. The zero-order valence-electron chi connectivity index (χ0n) is 14.4. The van der Waals surface area contributed by atoms with Crippen molar-refractivity contribution < 1.29 is 22.5 Å². The Kier molecular flexibility index (Phi) is 5.24. The van der Waals surface area contributed by atoms with Gasteiger partial charge in [-0.1, -0.05) is 6.07 Å². The first kappa shape index (κ1) is 18.3. The number of hydrogen-bond acceptors (Lipinski definition) is 3. The predicted molar refractivity (Wildman–Crippen MR) is 96.2 cm³/mol. The third kappa shape index (κ3) is 4.20. The first-order valence-corrected chi connectivity index (χ1v) is 9.82. The molecule has 26 heavy (non-hydrogen) atoms. The normalized spacial score (nSPS) is 15.7. The van der Waals surface area contributed by atoms with Gasteiger partial charge >= 0.3 is 0 Å². The van der Waals surface area contributed by atoms with Crippen molar-refractivity contribution in [2.24, 2.45) is 0 Å². The molecule has 0 bridgehead atoms. The van der Waals surface area contributed by atoms with Gasteiger partial charge in [0.15, 0.2) is 0 Å². The van der Waals surface area contributed by atoms with E-state index in [1.807, 2.05) is 0 Å². The standard InChI is InChI=1S/C18H20FN3O3S/c1-21-9-11-22(12-10-21)18(23)14-3-2-4-17(13-14)26(24,25)20-16-7-5-15(19)6-8-16/h2-8,13,20H,9-12H2,1H3/p+1. The van der Waals surface area contributed by atoms with Crippen LogP contribution in [0.5, 0.6) is 0 Å². The highest BCUT2D eigenvalue weighted by Gasteiger charge is 2.24. The summed E-state index contributed by atoms with van der Waals surface area (Å²) >= 11 is 0. The van der Waals surface area contributed by atoms with Crippen LogP contribution < -0.4 is 9.62 Å². The summed E-state index contributed by atoms with van der Waals surface area (Å²) in [5.74, 6) is -0.620. The Bertz CT molecular complexity index is 892. The second-order valence-electron chi connectivity index (χ2n) is 6.39. The molecule has 1 saturated heterocycles. The number of quaternary nitrogens is 1. The minimum atomic E-state index is -3.87. The van der Waals surface area contributed by atoms with E-state index in [4.69, 9.17) is 0 Å².